The molecular formula is C18H14N8. The first kappa shape index (κ1) is 14.5. The van der Waals surface area contributed by atoms with Crippen molar-refractivity contribution in [1.82, 2.24) is 34.1 Å². The monoisotopic (exact) mass is 342 g/mol. The van der Waals surface area contributed by atoms with Crippen LogP contribution in [-0.2, 0) is 6.54 Å². The molecular weight excluding hydrogens is 328 g/mol. The average Bonchev–Trinajstić information content (AvgIpc) is 3.25. The zero-order chi connectivity index (χ0) is 17.5. The van der Waals surface area contributed by atoms with Crippen LogP contribution in [0.25, 0.3) is 28.0 Å². The maximum atomic E-state index is 5.89. The number of nitrogens with two attached hydrogens (primary N) is 1. The summed E-state index contributed by atoms with van der Waals surface area (Å²) in [5.41, 5.74) is 9.83. The van der Waals surface area contributed by atoms with Crippen LogP contribution in [0.15, 0.2) is 61.3 Å². The zero-order valence-electron chi connectivity index (χ0n) is 13.7. The van der Waals surface area contributed by atoms with Crippen LogP contribution in [0.3, 0.4) is 0 Å². The van der Waals surface area contributed by atoms with E-state index in [0.29, 0.717) is 29.2 Å². The molecule has 0 atom stereocenters. The Bertz CT molecular complexity index is 1220. The Labute approximate surface area is 148 Å². The van der Waals surface area contributed by atoms with Gasteiger partial charge in [-0.1, -0.05) is 18.2 Å². The number of hydrogen-bond donors (Lipinski definition) is 1. The van der Waals surface area contributed by atoms with Gasteiger partial charge in [-0.3, -0.25) is 4.57 Å². The summed E-state index contributed by atoms with van der Waals surface area (Å²) in [6, 6.07) is 14.0. The molecule has 0 aliphatic rings. The number of imidazole rings is 2. The zero-order valence-corrected chi connectivity index (χ0v) is 13.7. The van der Waals surface area contributed by atoms with Crippen molar-refractivity contribution in [1.29, 1.82) is 0 Å². The van der Waals surface area contributed by atoms with Crippen LogP contribution >= 0.6 is 0 Å². The number of para-hydroxylation sites is 1. The second-order valence-corrected chi connectivity index (χ2v) is 5.85. The number of aromatic nitrogens is 7. The van der Waals surface area contributed by atoms with Crippen LogP contribution in [0.4, 0.5) is 5.82 Å². The van der Waals surface area contributed by atoms with Gasteiger partial charge in [-0.25, -0.2) is 24.9 Å². The molecule has 0 aliphatic carbocycles. The molecule has 126 valence electrons. The third-order valence-electron chi connectivity index (χ3n) is 4.26. The first-order chi connectivity index (χ1) is 12.8. The molecule has 0 radical (unpaired) electrons. The minimum atomic E-state index is 0.368. The summed E-state index contributed by atoms with van der Waals surface area (Å²) < 4.78 is 4.01. The minimum Gasteiger partial charge on any atom is -0.382 e. The lowest BCUT2D eigenvalue weighted by molar-refractivity contribution is 0.745. The summed E-state index contributed by atoms with van der Waals surface area (Å²) in [5.74, 6) is 1.20. The minimum absolute atomic E-state index is 0.368. The van der Waals surface area contributed by atoms with E-state index in [2.05, 4.69) is 24.5 Å². The Morgan fingerprint density at radius 1 is 0.923 bits per heavy atom. The van der Waals surface area contributed by atoms with Gasteiger partial charge in [-0.05, 0) is 24.3 Å². The van der Waals surface area contributed by atoms with Crippen LogP contribution < -0.4 is 5.73 Å². The SMILES string of the molecule is Nc1ncnc2c1ncn2Cc1nc2ncccc2n1-c1ccccc1. The predicted molar refractivity (Wildman–Crippen MR) is 97.7 cm³/mol. The van der Waals surface area contributed by atoms with Crippen molar-refractivity contribution in [2.45, 2.75) is 6.54 Å². The van der Waals surface area contributed by atoms with Gasteiger partial charge in [0.15, 0.2) is 17.1 Å². The molecule has 0 fully saturated rings. The Kier molecular flexibility index (Phi) is 3.14. The average molecular weight is 342 g/mol. The summed E-state index contributed by atoms with van der Waals surface area (Å²) in [7, 11) is 0. The van der Waals surface area contributed by atoms with E-state index in [1.807, 2.05) is 47.0 Å². The first-order valence-electron chi connectivity index (χ1n) is 8.10. The van der Waals surface area contributed by atoms with Crippen molar-refractivity contribution >= 4 is 28.1 Å². The molecule has 0 spiro atoms. The second kappa shape index (κ2) is 5.62. The van der Waals surface area contributed by atoms with E-state index >= 15 is 0 Å². The van der Waals surface area contributed by atoms with Crippen molar-refractivity contribution < 1.29 is 0 Å². The van der Waals surface area contributed by atoms with E-state index in [1.165, 1.54) is 6.33 Å². The third kappa shape index (κ3) is 2.20. The van der Waals surface area contributed by atoms with Crippen LogP contribution in [0.2, 0.25) is 0 Å². The van der Waals surface area contributed by atoms with Crippen molar-refractivity contribution in [2.75, 3.05) is 5.73 Å². The highest BCUT2D eigenvalue weighted by Crippen LogP contribution is 2.22. The largest absolute Gasteiger partial charge is 0.382 e. The molecule has 1 aromatic carbocycles. The molecule has 0 amide bonds. The molecule has 2 N–H and O–H groups in total. The van der Waals surface area contributed by atoms with Crippen LogP contribution in [0, 0.1) is 0 Å². The van der Waals surface area contributed by atoms with Crippen LogP contribution in [-0.4, -0.2) is 34.1 Å². The first-order valence-corrected chi connectivity index (χ1v) is 8.10. The van der Waals surface area contributed by atoms with Gasteiger partial charge in [0.05, 0.1) is 18.4 Å². The van der Waals surface area contributed by atoms with E-state index in [0.717, 1.165) is 17.0 Å². The van der Waals surface area contributed by atoms with E-state index in [4.69, 9.17) is 10.7 Å². The standard InChI is InChI=1S/C18H14N8/c19-16-15-18(22-10-21-16)25(11-23-15)9-14-24-17-13(7-4-8-20-17)26(14)12-5-2-1-3-6-12/h1-8,10-11H,9H2,(H2,19,21,22). The van der Waals surface area contributed by atoms with E-state index < -0.39 is 0 Å². The number of pyridine rings is 1. The number of benzene rings is 1. The maximum Gasteiger partial charge on any atom is 0.178 e. The lowest BCUT2D eigenvalue weighted by atomic mass is 10.3. The summed E-state index contributed by atoms with van der Waals surface area (Å²) >= 11 is 0. The summed E-state index contributed by atoms with van der Waals surface area (Å²) in [5, 5.41) is 0. The fourth-order valence-electron chi connectivity index (χ4n) is 3.10. The molecule has 5 aromatic rings. The molecule has 26 heavy (non-hydrogen) atoms. The normalized spacial score (nSPS) is 11.4. The third-order valence-corrected chi connectivity index (χ3v) is 4.26. The van der Waals surface area contributed by atoms with E-state index in [9.17, 15) is 0 Å². The van der Waals surface area contributed by atoms with Crippen LogP contribution in [0.5, 0.6) is 0 Å². The van der Waals surface area contributed by atoms with Gasteiger partial charge in [0.25, 0.3) is 0 Å². The molecule has 8 nitrogen and oxygen atoms in total. The molecule has 4 aromatic heterocycles. The van der Waals surface area contributed by atoms with Gasteiger partial charge in [0, 0.05) is 11.9 Å². The lowest BCUT2D eigenvalue weighted by Gasteiger charge is -2.10. The summed E-state index contributed by atoms with van der Waals surface area (Å²) in [4.78, 5) is 21.7. The Balaban J connectivity index is 1.70. The smallest absolute Gasteiger partial charge is 0.178 e. The molecule has 4 heterocycles. The molecule has 5 rings (SSSR count). The van der Waals surface area contributed by atoms with Crippen LogP contribution in [0.1, 0.15) is 5.82 Å². The van der Waals surface area contributed by atoms with E-state index in [-0.39, 0.29) is 0 Å². The van der Waals surface area contributed by atoms with E-state index in [1.54, 1.807) is 12.5 Å². The van der Waals surface area contributed by atoms with Gasteiger partial charge >= 0.3 is 0 Å². The number of fused-ring (bicyclic) bond motifs is 2. The second-order valence-electron chi connectivity index (χ2n) is 5.85. The van der Waals surface area contributed by atoms with Gasteiger partial charge in [0.1, 0.15) is 17.7 Å². The highest BCUT2D eigenvalue weighted by atomic mass is 15.2. The quantitative estimate of drug-likeness (QED) is 0.539. The lowest BCUT2D eigenvalue weighted by Crippen LogP contribution is -2.07. The summed E-state index contributed by atoms with van der Waals surface area (Å²) in [6.45, 7) is 0.484. The van der Waals surface area contributed by atoms with Gasteiger partial charge in [0.2, 0.25) is 0 Å². The topological polar surface area (TPSA) is 100 Å². The number of hydrogen-bond acceptors (Lipinski definition) is 6. The molecule has 0 saturated heterocycles. The van der Waals surface area contributed by atoms with Crippen molar-refractivity contribution in [3.63, 3.8) is 0 Å². The highest BCUT2D eigenvalue weighted by Gasteiger charge is 2.15. The van der Waals surface area contributed by atoms with Crippen molar-refractivity contribution in [3.05, 3.63) is 67.1 Å². The Hall–Kier alpha value is -3.81. The number of anilines is 1. The van der Waals surface area contributed by atoms with Crippen molar-refractivity contribution in [3.8, 4) is 5.69 Å². The van der Waals surface area contributed by atoms with Gasteiger partial charge in [-0.2, -0.15) is 0 Å². The van der Waals surface area contributed by atoms with Gasteiger partial charge in [-0.15, -0.1) is 0 Å². The molecule has 8 heteroatoms. The number of rotatable bonds is 3. The maximum absolute atomic E-state index is 5.89. The fourth-order valence-corrected chi connectivity index (χ4v) is 3.10. The van der Waals surface area contributed by atoms with Gasteiger partial charge < -0.3 is 10.3 Å². The molecule has 0 aliphatic heterocycles. The Morgan fingerprint density at radius 3 is 2.69 bits per heavy atom. The fraction of sp³-hybridized carbons (Fsp3) is 0.0556. The van der Waals surface area contributed by atoms with Crippen molar-refractivity contribution in [2.24, 2.45) is 0 Å². The Morgan fingerprint density at radius 2 is 1.81 bits per heavy atom. The highest BCUT2D eigenvalue weighted by molar-refractivity contribution is 5.81. The number of nitrogen functional groups attached to an aromatic ring is 1. The molecule has 0 saturated carbocycles. The molecule has 0 unspecified atom stereocenters. The summed E-state index contributed by atoms with van der Waals surface area (Å²) in [6.07, 6.45) is 4.89. The molecule has 0 bridgehead atoms. The number of nitrogens with zero attached hydrogens (tertiary/aromatic N) is 7. The predicted octanol–water partition coefficient (Wildman–Crippen LogP) is 2.19.